The van der Waals surface area contributed by atoms with Gasteiger partial charge >= 0.3 is 29.6 Å². The second kappa shape index (κ2) is 7.75. The third kappa shape index (κ3) is 4.25. The van der Waals surface area contributed by atoms with Crippen LogP contribution in [0.2, 0.25) is 0 Å². The summed E-state index contributed by atoms with van der Waals surface area (Å²) in [4.78, 5) is 3.78. The van der Waals surface area contributed by atoms with Crippen LogP contribution in [0, 0.1) is 0 Å². The van der Waals surface area contributed by atoms with E-state index in [1.807, 2.05) is 0 Å². The maximum Gasteiger partial charge on any atom is 1.00 e. The molecule has 1 atom stereocenters. The minimum Gasteiger partial charge on any atom is -0.862 e. The van der Waals surface area contributed by atoms with Crippen molar-refractivity contribution in [2.75, 3.05) is 14.2 Å². The van der Waals surface area contributed by atoms with Gasteiger partial charge in [0, 0.05) is 12.1 Å². The number of hydrogen-bond acceptors (Lipinski definition) is 5. The molecular weight excluding hydrogens is 269 g/mol. The Balaban J connectivity index is 0.00000289. The molecule has 1 aromatic carbocycles. The van der Waals surface area contributed by atoms with Crippen LogP contribution in [0.4, 0.5) is 5.69 Å². The Bertz CT molecular complexity index is 474. The van der Waals surface area contributed by atoms with E-state index < -0.39 is 17.0 Å². The molecule has 0 bridgehead atoms. The molecule has 8 heteroatoms. The van der Waals surface area contributed by atoms with Crippen LogP contribution in [-0.4, -0.2) is 28.9 Å². The number of aliphatic imine (C=N–C) groups is 1. The van der Waals surface area contributed by atoms with Gasteiger partial charge in [-0.3, -0.25) is 4.99 Å². The molecule has 0 heterocycles. The molecular formula is C10H12NNaO5S. The normalized spacial score (nSPS) is 12.6. The van der Waals surface area contributed by atoms with Crippen LogP contribution in [0.3, 0.4) is 0 Å². The maximum atomic E-state index is 11.1. The minimum atomic E-state index is -2.20. The number of nitrogens with zero attached hydrogens (tertiary/aromatic N) is 1. The van der Waals surface area contributed by atoms with Gasteiger partial charge in [0.2, 0.25) is 0 Å². The summed E-state index contributed by atoms with van der Waals surface area (Å²) in [5, 5.41) is 10.9. The molecule has 0 aliphatic heterocycles. The van der Waals surface area contributed by atoms with Gasteiger partial charge in [-0.25, -0.2) is 4.21 Å². The van der Waals surface area contributed by atoms with E-state index >= 15 is 0 Å². The molecule has 0 radical (unpaired) electrons. The molecule has 0 amide bonds. The molecule has 18 heavy (non-hydrogen) atoms. The van der Waals surface area contributed by atoms with E-state index in [2.05, 4.69) is 4.99 Å². The zero-order valence-corrected chi connectivity index (χ0v) is 13.4. The first-order valence-corrected chi connectivity index (χ1v) is 5.69. The number of rotatable bonds is 4. The first-order chi connectivity index (χ1) is 7.99. The number of methoxy groups -OCH3 is 2. The third-order valence-corrected chi connectivity index (χ3v) is 2.63. The molecule has 1 N–H and O–H groups in total. The Morgan fingerprint density at radius 1 is 1.33 bits per heavy atom. The molecule has 94 valence electrons. The van der Waals surface area contributed by atoms with Gasteiger partial charge in [0.15, 0.2) is 11.1 Å². The zero-order chi connectivity index (χ0) is 13.0. The topological polar surface area (TPSA) is 91.2 Å². The van der Waals surface area contributed by atoms with E-state index in [0.29, 0.717) is 0 Å². The van der Waals surface area contributed by atoms with Crippen molar-refractivity contribution in [3.8, 4) is 11.5 Å². The average Bonchev–Trinajstić information content (AvgIpc) is 2.27. The first-order valence-electron chi connectivity index (χ1n) is 4.58. The largest absolute Gasteiger partial charge is 1.00 e. The van der Waals surface area contributed by atoms with E-state index in [0.717, 1.165) is 0 Å². The summed E-state index contributed by atoms with van der Waals surface area (Å²) in [6.45, 7) is 1.30. The number of benzene rings is 1. The molecule has 0 aliphatic carbocycles. The molecule has 1 rings (SSSR count). The fourth-order valence-electron chi connectivity index (χ4n) is 1.25. The molecule has 1 unspecified atom stereocenters. The Labute approximate surface area is 130 Å². The zero-order valence-electron chi connectivity index (χ0n) is 10.6. The second-order valence-corrected chi connectivity index (χ2v) is 3.99. The number of hydrogen-bond donors (Lipinski definition) is 1. The quantitative estimate of drug-likeness (QED) is 0.290. The van der Waals surface area contributed by atoms with Gasteiger partial charge in [0.25, 0.3) is 0 Å². The summed E-state index contributed by atoms with van der Waals surface area (Å²) in [7, 11) is 2.74. The van der Waals surface area contributed by atoms with Crippen LogP contribution in [0.1, 0.15) is 6.92 Å². The van der Waals surface area contributed by atoms with Gasteiger partial charge in [-0.15, -0.1) is 0 Å². The summed E-state index contributed by atoms with van der Waals surface area (Å²) in [5.41, 5.74) is 0.256. The van der Waals surface area contributed by atoms with Gasteiger partial charge in [0.1, 0.15) is 22.1 Å². The Morgan fingerprint density at radius 2 is 1.89 bits per heavy atom. The standard InChI is InChI=1S/C10H13NO5S.Na/c1-6(12)11-7-4-9(16-3)10(17(13)14)5-8(7)15-2;/h4-5H,1-3H3,(H,11,12)(H,13,14);/q;+1/p-1. The fraction of sp³-hybridized carbons (Fsp3) is 0.300. The van der Waals surface area contributed by atoms with E-state index in [4.69, 9.17) is 14.0 Å². The molecule has 0 aromatic heterocycles. The van der Waals surface area contributed by atoms with Gasteiger partial charge in [-0.05, 0) is 12.8 Å². The molecule has 0 aliphatic rings. The molecule has 0 spiro atoms. The van der Waals surface area contributed by atoms with Crippen LogP contribution in [-0.2, 0) is 11.1 Å². The summed E-state index contributed by atoms with van der Waals surface area (Å²) in [6.07, 6.45) is 0. The van der Waals surface area contributed by atoms with E-state index in [9.17, 15) is 9.32 Å². The predicted molar refractivity (Wildman–Crippen MR) is 61.4 cm³/mol. The average molecular weight is 281 g/mol. The van der Waals surface area contributed by atoms with Crippen LogP contribution in [0.5, 0.6) is 11.5 Å². The smallest absolute Gasteiger partial charge is 0.862 e. The van der Waals surface area contributed by atoms with Gasteiger partial charge < -0.3 is 19.1 Å². The molecule has 1 aromatic rings. The van der Waals surface area contributed by atoms with Gasteiger partial charge in [-0.1, -0.05) is 0 Å². The van der Waals surface area contributed by atoms with Crippen molar-refractivity contribution in [3.05, 3.63) is 12.1 Å². The molecule has 0 fully saturated rings. The Morgan fingerprint density at radius 3 is 2.28 bits per heavy atom. The summed E-state index contributed by atoms with van der Waals surface area (Å²) >= 11 is -2.20. The van der Waals surface area contributed by atoms with Gasteiger partial charge in [-0.2, -0.15) is 0 Å². The Kier molecular flexibility index (Phi) is 7.49. The van der Waals surface area contributed by atoms with Crippen molar-refractivity contribution in [1.82, 2.24) is 0 Å². The summed E-state index contributed by atoms with van der Waals surface area (Å²) in [6, 6.07) is 2.69. The molecule has 0 saturated carbocycles. The third-order valence-electron chi connectivity index (χ3n) is 1.93. The SMILES string of the molecule is COc1cc(S(=O)O)c(OC)cc1N=C(C)[O-].[Na+]. The van der Waals surface area contributed by atoms with Crippen LogP contribution >= 0.6 is 0 Å². The Hall–Kier alpha value is -0.600. The van der Waals surface area contributed by atoms with E-state index in [-0.39, 0.29) is 51.6 Å². The van der Waals surface area contributed by atoms with Crippen molar-refractivity contribution in [2.45, 2.75) is 11.8 Å². The molecule has 0 saturated heterocycles. The monoisotopic (exact) mass is 281 g/mol. The van der Waals surface area contributed by atoms with Crippen LogP contribution in [0.15, 0.2) is 22.0 Å². The number of ether oxygens (including phenoxy) is 2. The minimum absolute atomic E-state index is 0. The maximum absolute atomic E-state index is 11.1. The van der Waals surface area contributed by atoms with E-state index in [1.54, 1.807) is 0 Å². The van der Waals surface area contributed by atoms with Crippen molar-refractivity contribution in [1.29, 1.82) is 0 Å². The van der Waals surface area contributed by atoms with Crippen LogP contribution in [0.25, 0.3) is 0 Å². The summed E-state index contributed by atoms with van der Waals surface area (Å²) < 4.78 is 30.1. The molecule has 6 nitrogen and oxygen atoms in total. The van der Waals surface area contributed by atoms with Crippen molar-refractivity contribution in [3.63, 3.8) is 0 Å². The predicted octanol–water partition coefficient (Wildman–Crippen LogP) is -2.30. The fourth-order valence-corrected chi connectivity index (χ4v) is 1.77. The van der Waals surface area contributed by atoms with E-state index in [1.165, 1.54) is 33.3 Å². The van der Waals surface area contributed by atoms with Crippen LogP contribution < -0.4 is 44.1 Å². The van der Waals surface area contributed by atoms with Gasteiger partial charge in [0.05, 0.1) is 14.2 Å². The summed E-state index contributed by atoms with van der Waals surface area (Å²) in [5.74, 6) is 0.00765. The second-order valence-electron chi connectivity index (χ2n) is 3.05. The van der Waals surface area contributed by atoms with Crippen molar-refractivity contribution < 1.29 is 52.9 Å². The first kappa shape index (κ1) is 17.4. The van der Waals surface area contributed by atoms with Crippen molar-refractivity contribution in [2.24, 2.45) is 4.99 Å². The van der Waals surface area contributed by atoms with Crippen molar-refractivity contribution >= 4 is 22.7 Å².